The zero-order valence-corrected chi connectivity index (χ0v) is 10.9. The van der Waals surface area contributed by atoms with Crippen LogP contribution in [0.15, 0.2) is 0 Å². The Kier molecular flexibility index (Phi) is 3.74. The van der Waals surface area contributed by atoms with Gasteiger partial charge in [0.15, 0.2) is 0 Å². The summed E-state index contributed by atoms with van der Waals surface area (Å²) in [6.07, 6.45) is 1.70. The maximum Gasteiger partial charge on any atom is 0.211 e. The second kappa shape index (κ2) is 4.81. The normalized spacial score (nSPS) is 33.1. The molecule has 0 aromatic heterocycles. The van der Waals surface area contributed by atoms with Crippen LogP contribution in [0, 0.1) is 0 Å². The van der Waals surface area contributed by atoms with Crippen LogP contribution in [-0.4, -0.2) is 80.5 Å². The van der Waals surface area contributed by atoms with Crippen LogP contribution < -0.4 is 0 Å². The molecule has 0 aliphatic carbocycles. The highest BCUT2D eigenvalue weighted by atomic mass is 32.2. The van der Waals surface area contributed by atoms with Gasteiger partial charge in [0, 0.05) is 32.7 Å². The van der Waals surface area contributed by atoms with Gasteiger partial charge in [0.25, 0.3) is 0 Å². The third-order valence-corrected chi connectivity index (χ3v) is 4.64. The fourth-order valence-corrected chi connectivity index (χ4v) is 3.30. The number of nitrogens with zero attached hydrogens (tertiary/aromatic N) is 2. The van der Waals surface area contributed by atoms with Crippen molar-refractivity contribution in [3.63, 3.8) is 0 Å². The van der Waals surface area contributed by atoms with Crippen molar-refractivity contribution in [3.8, 4) is 0 Å². The summed E-state index contributed by atoms with van der Waals surface area (Å²) in [5.74, 6) is 0. The zero-order chi connectivity index (χ0) is 12.5. The van der Waals surface area contributed by atoms with E-state index in [4.69, 9.17) is 4.74 Å². The van der Waals surface area contributed by atoms with Crippen molar-refractivity contribution in [2.45, 2.75) is 12.0 Å². The van der Waals surface area contributed by atoms with Crippen LogP contribution in [-0.2, 0) is 14.8 Å². The highest BCUT2D eigenvalue weighted by Gasteiger charge is 2.40. The molecule has 2 aliphatic rings. The number of ether oxygens (including phenoxy) is 1. The van der Waals surface area contributed by atoms with E-state index in [0.717, 1.165) is 13.1 Å². The monoisotopic (exact) mass is 264 g/mol. The molecule has 0 unspecified atom stereocenters. The van der Waals surface area contributed by atoms with Crippen LogP contribution in [0.3, 0.4) is 0 Å². The smallest absolute Gasteiger partial charge is 0.211 e. The Labute approximate surface area is 102 Å². The molecule has 0 aromatic carbocycles. The highest BCUT2D eigenvalue weighted by Crippen LogP contribution is 2.24. The second-order valence-electron chi connectivity index (χ2n) is 4.96. The van der Waals surface area contributed by atoms with Crippen molar-refractivity contribution in [2.75, 3.05) is 52.2 Å². The molecule has 2 saturated heterocycles. The van der Waals surface area contributed by atoms with Crippen LogP contribution in [0.25, 0.3) is 0 Å². The molecule has 7 heteroatoms. The maximum atomic E-state index is 11.4. The molecule has 2 aliphatic heterocycles. The maximum absolute atomic E-state index is 11.4. The number of hydrogen-bond donors (Lipinski definition) is 1. The number of β-amino-alcohol motifs (C(OH)–C–C–N with tert-alkyl or cyclic N) is 1. The third-order valence-electron chi connectivity index (χ3n) is 3.39. The van der Waals surface area contributed by atoms with E-state index in [0.29, 0.717) is 32.7 Å². The number of morpholine rings is 1. The Hall–Kier alpha value is -0.210. The Morgan fingerprint density at radius 2 is 1.94 bits per heavy atom. The van der Waals surface area contributed by atoms with Gasteiger partial charge in [-0.2, -0.15) is 4.31 Å². The van der Waals surface area contributed by atoms with Crippen molar-refractivity contribution in [3.05, 3.63) is 0 Å². The quantitative estimate of drug-likeness (QED) is 0.687. The first-order valence-corrected chi connectivity index (χ1v) is 7.72. The molecule has 0 amide bonds. The minimum atomic E-state index is -3.18. The minimum Gasteiger partial charge on any atom is -0.387 e. The van der Waals surface area contributed by atoms with E-state index in [1.807, 2.05) is 0 Å². The van der Waals surface area contributed by atoms with Gasteiger partial charge in [0.1, 0.15) is 0 Å². The van der Waals surface area contributed by atoms with E-state index in [1.54, 1.807) is 0 Å². The molecule has 2 rings (SSSR count). The van der Waals surface area contributed by atoms with Crippen LogP contribution in [0.2, 0.25) is 0 Å². The molecule has 0 bridgehead atoms. The van der Waals surface area contributed by atoms with E-state index in [9.17, 15) is 13.5 Å². The Balaban J connectivity index is 1.92. The third kappa shape index (κ3) is 3.38. The largest absolute Gasteiger partial charge is 0.387 e. The average Bonchev–Trinajstić information content (AvgIpc) is 2.62. The minimum absolute atomic E-state index is 0.211. The SMILES string of the molecule is CS(=O)(=O)N1CC[C@](O)(CN2CCOCC2)C1. The summed E-state index contributed by atoms with van der Waals surface area (Å²) in [4.78, 5) is 2.13. The molecule has 0 radical (unpaired) electrons. The Morgan fingerprint density at radius 3 is 2.47 bits per heavy atom. The van der Waals surface area contributed by atoms with Gasteiger partial charge >= 0.3 is 0 Å². The van der Waals surface area contributed by atoms with Crippen molar-refractivity contribution < 1.29 is 18.3 Å². The number of hydrogen-bond acceptors (Lipinski definition) is 5. The summed E-state index contributed by atoms with van der Waals surface area (Å²) in [7, 11) is -3.18. The molecule has 17 heavy (non-hydrogen) atoms. The van der Waals surface area contributed by atoms with Gasteiger partial charge in [-0.25, -0.2) is 8.42 Å². The number of rotatable bonds is 3. The molecule has 2 heterocycles. The van der Waals surface area contributed by atoms with Crippen LogP contribution in [0.5, 0.6) is 0 Å². The van der Waals surface area contributed by atoms with E-state index in [-0.39, 0.29) is 6.54 Å². The predicted molar refractivity (Wildman–Crippen MR) is 63.2 cm³/mol. The molecule has 0 saturated carbocycles. The van der Waals surface area contributed by atoms with Crippen molar-refractivity contribution in [1.29, 1.82) is 0 Å². The first-order chi connectivity index (χ1) is 7.89. The van der Waals surface area contributed by atoms with Crippen LogP contribution in [0.4, 0.5) is 0 Å². The molecule has 0 spiro atoms. The summed E-state index contributed by atoms with van der Waals surface area (Å²) in [6, 6.07) is 0. The lowest BCUT2D eigenvalue weighted by molar-refractivity contribution is -0.0239. The van der Waals surface area contributed by atoms with Gasteiger partial charge in [-0.05, 0) is 6.42 Å². The van der Waals surface area contributed by atoms with Gasteiger partial charge in [0.05, 0.1) is 25.1 Å². The number of sulfonamides is 1. The van der Waals surface area contributed by atoms with Crippen molar-refractivity contribution in [1.82, 2.24) is 9.21 Å². The summed E-state index contributed by atoms with van der Waals surface area (Å²) < 4.78 is 29.4. The number of aliphatic hydroxyl groups is 1. The highest BCUT2D eigenvalue weighted by molar-refractivity contribution is 7.88. The topological polar surface area (TPSA) is 70.1 Å². The van der Waals surface area contributed by atoms with E-state index in [2.05, 4.69) is 4.90 Å². The summed E-state index contributed by atoms with van der Waals surface area (Å²) in [5, 5.41) is 10.4. The molecular weight excluding hydrogens is 244 g/mol. The summed E-state index contributed by atoms with van der Waals surface area (Å²) >= 11 is 0. The summed E-state index contributed by atoms with van der Waals surface area (Å²) in [6.45, 7) is 4.14. The lowest BCUT2D eigenvalue weighted by Gasteiger charge is -2.33. The predicted octanol–water partition coefficient (Wildman–Crippen LogP) is -1.28. The van der Waals surface area contributed by atoms with Crippen LogP contribution >= 0.6 is 0 Å². The molecular formula is C10H20N2O4S. The molecule has 100 valence electrons. The fourth-order valence-electron chi connectivity index (χ4n) is 2.41. The molecule has 6 nitrogen and oxygen atoms in total. The van der Waals surface area contributed by atoms with Gasteiger partial charge in [-0.1, -0.05) is 0 Å². The van der Waals surface area contributed by atoms with Gasteiger partial charge < -0.3 is 9.84 Å². The zero-order valence-electron chi connectivity index (χ0n) is 10.1. The Bertz CT molecular complexity index is 367. The molecule has 0 aromatic rings. The molecule has 1 atom stereocenters. The standard InChI is InChI=1S/C10H20N2O4S/c1-17(14,15)12-3-2-10(13,9-12)8-11-4-6-16-7-5-11/h13H,2-9H2,1H3/t10-/m0/s1. The van der Waals surface area contributed by atoms with Gasteiger partial charge in [-0.15, -0.1) is 0 Å². The van der Waals surface area contributed by atoms with Gasteiger partial charge in [0.2, 0.25) is 10.0 Å². The lowest BCUT2D eigenvalue weighted by atomic mass is 10.0. The first-order valence-electron chi connectivity index (χ1n) is 5.87. The van der Waals surface area contributed by atoms with Crippen molar-refractivity contribution in [2.24, 2.45) is 0 Å². The van der Waals surface area contributed by atoms with E-state index >= 15 is 0 Å². The van der Waals surface area contributed by atoms with Crippen LogP contribution in [0.1, 0.15) is 6.42 Å². The molecule has 2 fully saturated rings. The molecule has 1 N–H and O–H groups in total. The first kappa shape index (κ1) is 13.2. The summed E-state index contributed by atoms with van der Waals surface area (Å²) in [5.41, 5.74) is -0.902. The van der Waals surface area contributed by atoms with E-state index in [1.165, 1.54) is 10.6 Å². The lowest BCUT2D eigenvalue weighted by Crippen LogP contribution is -2.49. The second-order valence-corrected chi connectivity index (χ2v) is 6.94. The fraction of sp³-hybridized carbons (Fsp3) is 1.00. The Morgan fingerprint density at radius 1 is 1.29 bits per heavy atom. The van der Waals surface area contributed by atoms with Gasteiger partial charge in [-0.3, -0.25) is 4.90 Å². The van der Waals surface area contributed by atoms with Crippen molar-refractivity contribution >= 4 is 10.0 Å². The average molecular weight is 264 g/mol. The van der Waals surface area contributed by atoms with E-state index < -0.39 is 15.6 Å².